The van der Waals surface area contributed by atoms with E-state index in [2.05, 4.69) is 15.7 Å². The monoisotopic (exact) mass is 438 g/mol. The highest BCUT2D eigenvalue weighted by Gasteiger charge is 2.20. The Morgan fingerprint density at radius 3 is 2.45 bits per heavy atom. The Morgan fingerprint density at radius 1 is 1.06 bits per heavy atom. The number of anilines is 1. The van der Waals surface area contributed by atoms with Crippen molar-refractivity contribution in [3.63, 3.8) is 0 Å². The maximum Gasteiger partial charge on any atom is 0.256 e. The van der Waals surface area contributed by atoms with E-state index in [4.69, 9.17) is 11.6 Å². The van der Waals surface area contributed by atoms with Gasteiger partial charge in [-0.2, -0.15) is 5.10 Å². The number of aromatic nitrogens is 2. The van der Waals surface area contributed by atoms with Gasteiger partial charge in [-0.05, 0) is 37.1 Å². The first-order valence-electron chi connectivity index (χ1n) is 10.2. The molecule has 0 saturated heterocycles. The molecule has 0 bridgehead atoms. The number of carbonyl (C=O) groups is 2. The van der Waals surface area contributed by atoms with Crippen molar-refractivity contribution in [3.05, 3.63) is 81.6 Å². The van der Waals surface area contributed by atoms with Gasteiger partial charge in [0.2, 0.25) is 5.91 Å². The minimum Gasteiger partial charge on any atom is -0.348 e. The van der Waals surface area contributed by atoms with Gasteiger partial charge in [0.15, 0.2) is 0 Å². The van der Waals surface area contributed by atoms with Crippen LogP contribution in [0.1, 0.15) is 46.6 Å². The highest BCUT2D eigenvalue weighted by Crippen LogP contribution is 2.21. The van der Waals surface area contributed by atoms with Crippen LogP contribution in [0.4, 0.5) is 5.69 Å². The molecule has 0 unspecified atom stereocenters. The fourth-order valence-electron chi connectivity index (χ4n) is 3.10. The summed E-state index contributed by atoms with van der Waals surface area (Å²) in [5, 5.41) is 10.5. The smallest absolute Gasteiger partial charge is 0.256 e. The maximum atomic E-state index is 12.8. The van der Waals surface area contributed by atoms with Crippen LogP contribution in [-0.2, 0) is 17.9 Å². The normalized spacial score (nSPS) is 10.9. The van der Waals surface area contributed by atoms with Crippen molar-refractivity contribution < 1.29 is 9.59 Å². The van der Waals surface area contributed by atoms with Gasteiger partial charge in [-0.25, -0.2) is 4.68 Å². The molecule has 0 spiro atoms. The summed E-state index contributed by atoms with van der Waals surface area (Å²) in [6.07, 6.45) is 0. The van der Waals surface area contributed by atoms with E-state index >= 15 is 0 Å². The standard InChI is InChI=1S/C24H27ClN4O2/c1-15(2)23(30)27-20-7-5-6-19(12-20)13-26-24(31)21-17(4)28-29(22(21)25)14-18-10-8-16(3)9-11-18/h5-12,15H,13-14H2,1-4H3,(H,26,31)(H,27,30). The van der Waals surface area contributed by atoms with E-state index in [1.54, 1.807) is 11.6 Å². The summed E-state index contributed by atoms with van der Waals surface area (Å²) in [6.45, 7) is 8.28. The molecular formula is C24H27ClN4O2. The highest BCUT2D eigenvalue weighted by atomic mass is 35.5. The molecule has 2 amide bonds. The van der Waals surface area contributed by atoms with Crippen LogP contribution in [0.3, 0.4) is 0 Å². The van der Waals surface area contributed by atoms with Gasteiger partial charge < -0.3 is 10.6 Å². The summed E-state index contributed by atoms with van der Waals surface area (Å²) in [4.78, 5) is 24.7. The van der Waals surface area contributed by atoms with Crippen molar-refractivity contribution >= 4 is 29.1 Å². The Bertz CT molecular complexity index is 1090. The number of hydrogen-bond donors (Lipinski definition) is 2. The third-order valence-electron chi connectivity index (χ3n) is 4.92. The number of hydrogen-bond acceptors (Lipinski definition) is 3. The van der Waals surface area contributed by atoms with E-state index in [0.29, 0.717) is 35.2 Å². The van der Waals surface area contributed by atoms with Crippen molar-refractivity contribution in [2.24, 2.45) is 5.92 Å². The summed E-state index contributed by atoms with van der Waals surface area (Å²) in [5.41, 5.74) is 4.76. The van der Waals surface area contributed by atoms with E-state index in [9.17, 15) is 9.59 Å². The molecule has 0 fully saturated rings. The lowest BCUT2D eigenvalue weighted by atomic mass is 10.1. The Hall–Kier alpha value is -3.12. The molecule has 0 aliphatic heterocycles. The Kier molecular flexibility index (Phi) is 7.13. The molecule has 0 saturated carbocycles. The molecule has 0 atom stereocenters. The third kappa shape index (κ3) is 5.73. The second-order valence-corrected chi connectivity index (χ2v) is 8.28. The molecule has 1 aromatic heterocycles. The molecule has 1 heterocycles. The van der Waals surface area contributed by atoms with Crippen LogP contribution in [0.2, 0.25) is 5.15 Å². The predicted molar refractivity (Wildman–Crippen MR) is 123 cm³/mol. The van der Waals surface area contributed by atoms with Crippen molar-refractivity contribution in [1.29, 1.82) is 0 Å². The van der Waals surface area contributed by atoms with Crippen molar-refractivity contribution in [3.8, 4) is 0 Å². The Labute approximate surface area is 187 Å². The number of nitrogens with zero attached hydrogens (tertiary/aromatic N) is 2. The van der Waals surface area contributed by atoms with Gasteiger partial charge in [0.05, 0.1) is 17.8 Å². The van der Waals surface area contributed by atoms with Gasteiger partial charge in [0.25, 0.3) is 5.91 Å². The number of benzene rings is 2. The summed E-state index contributed by atoms with van der Waals surface area (Å²) >= 11 is 6.49. The molecule has 0 radical (unpaired) electrons. The summed E-state index contributed by atoms with van der Waals surface area (Å²) in [7, 11) is 0. The number of nitrogens with one attached hydrogen (secondary N) is 2. The van der Waals surface area contributed by atoms with E-state index < -0.39 is 0 Å². The zero-order chi connectivity index (χ0) is 22.5. The van der Waals surface area contributed by atoms with Crippen LogP contribution in [0.25, 0.3) is 0 Å². The summed E-state index contributed by atoms with van der Waals surface area (Å²) in [6, 6.07) is 15.5. The van der Waals surface area contributed by atoms with E-state index in [1.807, 2.05) is 69.3 Å². The lowest BCUT2D eigenvalue weighted by Crippen LogP contribution is -2.24. The molecule has 6 nitrogen and oxygen atoms in total. The average Bonchev–Trinajstić information content (AvgIpc) is 3.01. The van der Waals surface area contributed by atoms with Crippen molar-refractivity contribution in [2.75, 3.05) is 5.32 Å². The molecule has 31 heavy (non-hydrogen) atoms. The predicted octanol–water partition coefficient (Wildman–Crippen LogP) is 4.73. The first-order chi connectivity index (χ1) is 14.7. The Balaban J connectivity index is 1.68. The molecule has 2 N–H and O–H groups in total. The summed E-state index contributed by atoms with van der Waals surface area (Å²) < 4.78 is 1.64. The molecule has 2 aromatic carbocycles. The zero-order valence-electron chi connectivity index (χ0n) is 18.2. The first kappa shape index (κ1) is 22.6. The third-order valence-corrected chi connectivity index (χ3v) is 5.30. The first-order valence-corrected chi connectivity index (χ1v) is 10.6. The molecule has 3 rings (SSSR count). The average molecular weight is 439 g/mol. The van der Waals surface area contributed by atoms with Crippen molar-refractivity contribution in [2.45, 2.75) is 40.8 Å². The van der Waals surface area contributed by atoms with E-state index in [-0.39, 0.29) is 17.7 Å². The molecule has 162 valence electrons. The van der Waals surface area contributed by atoms with Crippen LogP contribution in [0, 0.1) is 19.8 Å². The fourth-order valence-corrected chi connectivity index (χ4v) is 3.42. The second-order valence-electron chi connectivity index (χ2n) is 7.92. The van der Waals surface area contributed by atoms with Gasteiger partial charge in [-0.15, -0.1) is 0 Å². The summed E-state index contributed by atoms with van der Waals surface area (Å²) in [5.74, 6) is -0.441. The lowest BCUT2D eigenvalue weighted by molar-refractivity contribution is -0.118. The number of halogens is 1. The van der Waals surface area contributed by atoms with Crippen LogP contribution >= 0.6 is 11.6 Å². The number of aryl methyl sites for hydroxylation is 2. The molecule has 7 heteroatoms. The molecule has 0 aliphatic carbocycles. The maximum absolute atomic E-state index is 12.8. The van der Waals surface area contributed by atoms with Crippen LogP contribution in [0.5, 0.6) is 0 Å². The minimum absolute atomic E-state index is 0.0513. The fraction of sp³-hybridized carbons (Fsp3) is 0.292. The lowest BCUT2D eigenvalue weighted by Gasteiger charge is -2.10. The second kappa shape index (κ2) is 9.79. The van der Waals surface area contributed by atoms with Crippen LogP contribution in [-0.4, -0.2) is 21.6 Å². The topological polar surface area (TPSA) is 76.0 Å². The minimum atomic E-state index is -0.283. The molecule has 0 aliphatic rings. The van der Waals surface area contributed by atoms with Gasteiger partial charge in [-0.1, -0.05) is 67.4 Å². The van der Waals surface area contributed by atoms with Gasteiger partial charge >= 0.3 is 0 Å². The quantitative estimate of drug-likeness (QED) is 0.560. The number of amides is 2. The molecule has 3 aromatic rings. The largest absolute Gasteiger partial charge is 0.348 e. The molecular weight excluding hydrogens is 412 g/mol. The van der Waals surface area contributed by atoms with E-state index in [1.165, 1.54) is 5.56 Å². The van der Waals surface area contributed by atoms with E-state index in [0.717, 1.165) is 11.1 Å². The zero-order valence-corrected chi connectivity index (χ0v) is 19.0. The van der Waals surface area contributed by atoms with Gasteiger partial charge in [0, 0.05) is 18.2 Å². The van der Waals surface area contributed by atoms with Crippen LogP contribution in [0.15, 0.2) is 48.5 Å². The van der Waals surface area contributed by atoms with Gasteiger partial charge in [-0.3, -0.25) is 9.59 Å². The SMILES string of the molecule is Cc1ccc(Cn2nc(C)c(C(=O)NCc3cccc(NC(=O)C(C)C)c3)c2Cl)cc1. The number of carbonyl (C=O) groups excluding carboxylic acids is 2. The van der Waals surface area contributed by atoms with Gasteiger partial charge in [0.1, 0.15) is 5.15 Å². The van der Waals surface area contributed by atoms with Crippen LogP contribution < -0.4 is 10.6 Å². The highest BCUT2D eigenvalue weighted by molar-refractivity contribution is 6.33. The Morgan fingerprint density at radius 2 is 1.77 bits per heavy atom. The number of rotatable bonds is 7. The van der Waals surface area contributed by atoms with Crippen molar-refractivity contribution in [1.82, 2.24) is 15.1 Å².